The number of likely N-dealkylation sites (N-methyl/N-ethyl adjacent to an activating group) is 1. The molecule has 1 saturated heterocycles. The number of piperidine rings is 1. The van der Waals surface area contributed by atoms with Crippen LogP contribution < -0.4 is 4.74 Å². The van der Waals surface area contributed by atoms with Gasteiger partial charge in [0, 0.05) is 26.2 Å². The number of likely N-dealkylation sites (tertiary alicyclic amines) is 1. The van der Waals surface area contributed by atoms with Crippen LogP contribution in [0.1, 0.15) is 48.0 Å². The first-order valence-corrected chi connectivity index (χ1v) is 11.5. The van der Waals surface area contributed by atoms with Gasteiger partial charge in [0.25, 0.3) is 5.91 Å². The van der Waals surface area contributed by atoms with Crippen molar-refractivity contribution in [2.45, 2.75) is 38.5 Å². The van der Waals surface area contributed by atoms with Gasteiger partial charge in [-0.15, -0.1) is 0 Å². The highest BCUT2D eigenvalue weighted by Gasteiger charge is 2.37. The molecule has 0 bridgehead atoms. The molecule has 2 aliphatic rings. The summed E-state index contributed by atoms with van der Waals surface area (Å²) in [4.78, 5) is 17.0. The zero-order valence-corrected chi connectivity index (χ0v) is 18.5. The first-order chi connectivity index (χ1) is 15.1. The zero-order chi connectivity index (χ0) is 21.7. The van der Waals surface area contributed by atoms with Crippen molar-refractivity contribution in [3.8, 4) is 5.75 Å². The smallest absolute Gasteiger partial charge is 0.256 e. The minimum atomic E-state index is -0.432. The monoisotopic (exact) mass is 424 g/mol. The molecule has 5 heteroatoms. The van der Waals surface area contributed by atoms with E-state index in [1.807, 2.05) is 11.0 Å². The van der Waals surface area contributed by atoms with Gasteiger partial charge in [0.05, 0.1) is 5.56 Å². The number of halogens is 1. The second kappa shape index (κ2) is 9.82. The molecule has 4 nitrogen and oxygen atoms in total. The maximum Gasteiger partial charge on any atom is 0.256 e. The normalized spacial score (nSPS) is 20.3. The molecular formula is C26H33FN2O2. The fourth-order valence-electron chi connectivity index (χ4n) is 5.11. The zero-order valence-electron chi connectivity index (χ0n) is 18.5. The number of fused-ring (bicyclic) bond motifs is 1. The average molecular weight is 425 g/mol. The number of aryl methyl sites for hydroxylation is 1. The summed E-state index contributed by atoms with van der Waals surface area (Å²) in [6.45, 7) is 3.97. The fourth-order valence-corrected chi connectivity index (χ4v) is 5.11. The van der Waals surface area contributed by atoms with E-state index in [-0.39, 0.29) is 16.9 Å². The number of amides is 1. The summed E-state index contributed by atoms with van der Waals surface area (Å²) in [6, 6.07) is 14.7. The van der Waals surface area contributed by atoms with Gasteiger partial charge in [-0.1, -0.05) is 36.8 Å². The number of ether oxygens (including phenoxy) is 1. The van der Waals surface area contributed by atoms with Gasteiger partial charge in [0.15, 0.2) is 0 Å². The van der Waals surface area contributed by atoms with Crippen LogP contribution in [-0.2, 0) is 6.42 Å². The molecule has 1 amide bonds. The largest absolute Gasteiger partial charge is 0.492 e. The van der Waals surface area contributed by atoms with Crippen LogP contribution in [0.3, 0.4) is 0 Å². The SMILES string of the molecule is CN1CCOc2ccccc2CCCCC2(CCN(C(=O)c3ccccc3F)CC2)C1. The standard InChI is InChI=1S/C26H33FN2O2/c1-28-18-19-31-24-12-5-2-8-21(24)9-6-7-13-26(20-28)14-16-29(17-15-26)25(30)22-10-3-4-11-23(22)27/h2-5,8,10-12H,6-7,9,13-20H2,1H3. The maximum atomic E-state index is 14.1. The lowest BCUT2D eigenvalue weighted by Crippen LogP contribution is -2.48. The van der Waals surface area contributed by atoms with Crippen LogP contribution in [0.2, 0.25) is 0 Å². The topological polar surface area (TPSA) is 32.8 Å². The number of nitrogens with zero attached hydrogens (tertiary/aromatic N) is 2. The average Bonchev–Trinajstić information content (AvgIpc) is 2.77. The Morgan fingerprint density at radius 1 is 0.968 bits per heavy atom. The molecule has 0 radical (unpaired) electrons. The van der Waals surface area contributed by atoms with Crippen LogP contribution in [0.15, 0.2) is 48.5 Å². The number of hydrogen-bond acceptors (Lipinski definition) is 3. The third kappa shape index (κ3) is 5.27. The van der Waals surface area contributed by atoms with Crippen LogP contribution in [-0.4, -0.2) is 55.5 Å². The van der Waals surface area contributed by atoms with E-state index in [2.05, 4.69) is 30.1 Å². The van der Waals surface area contributed by atoms with E-state index in [0.717, 1.165) is 44.5 Å². The second-order valence-corrected chi connectivity index (χ2v) is 9.17. The molecule has 0 atom stereocenters. The molecule has 0 saturated carbocycles. The van der Waals surface area contributed by atoms with Crippen molar-refractivity contribution in [1.82, 2.24) is 9.80 Å². The van der Waals surface area contributed by atoms with Gasteiger partial charge >= 0.3 is 0 Å². The number of benzene rings is 2. The first-order valence-electron chi connectivity index (χ1n) is 11.5. The van der Waals surface area contributed by atoms with Gasteiger partial charge in [-0.25, -0.2) is 4.39 Å². The van der Waals surface area contributed by atoms with Gasteiger partial charge in [0.2, 0.25) is 0 Å². The summed E-state index contributed by atoms with van der Waals surface area (Å²) >= 11 is 0. The first kappa shape index (κ1) is 21.8. The van der Waals surface area contributed by atoms with Crippen molar-refractivity contribution in [3.05, 3.63) is 65.5 Å². The summed E-state index contributed by atoms with van der Waals surface area (Å²) in [7, 11) is 2.17. The molecule has 1 fully saturated rings. The number of para-hydroxylation sites is 1. The van der Waals surface area contributed by atoms with Crippen molar-refractivity contribution in [1.29, 1.82) is 0 Å². The number of carbonyl (C=O) groups is 1. The highest BCUT2D eigenvalue weighted by molar-refractivity contribution is 5.94. The molecule has 0 aromatic heterocycles. The molecule has 2 aromatic rings. The second-order valence-electron chi connectivity index (χ2n) is 9.17. The van der Waals surface area contributed by atoms with Gasteiger partial charge in [-0.3, -0.25) is 4.79 Å². The highest BCUT2D eigenvalue weighted by atomic mass is 19.1. The molecule has 31 heavy (non-hydrogen) atoms. The molecule has 1 spiro atoms. The molecular weight excluding hydrogens is 391 g/mol. The van der Waals surface area contributed by atoms with E-state index >= 15 is 0 Å². The Morgan fingerprint density at radius 2 is 1.71 bits per heavy atom. The van der Waals surface area contributed by atoms with Crippen LogP contribution in [0.4, 0.5) is 4.39 Å². The Bertz CT molecular complexity index is 892. The molecule has 0 N–H and O–H groups in total. The third-order valence-corrected chi connectivity index (χ3v) is 6.93. The molecule has 2 heterocycles. The van der Waals surface area contributed by atoms with Crippen LogP contribution in [0.25, 0.3) is 0 Å². The van der Waals surface area contributed by atoms with E-state index in [1.165, 1.54) is 24.5 Å². The fraction of sp³-hybridized carbons (Fsp3) is 0.500. The Balaban J connectivity index is 1.41. The number of carbonyl (C=O) groups excluding carboxylic acids is 1. The molecule has 166 valence electrons. The van der Waals surface area contributed by atoms with Crippen molar-refractivity contribution in [2.75, 3.05) is 39.8 Å². The summed E-state index contributed by atoms with van der Waals surface area (Å²) in [5.74, 6) is 0.407. The van der Waals surface area contributed by atoms with Gasteiger partial charge in [0.1, 0.15) is 18.2 Å². The van der Waals surface area contributed by atoms with E-state index in [0.29, 0.717) is 19.7 Å². The van der Waals surface area contributed by atoms with E-state index in [1.54, 1.807) is 18.2 Å². The predicted octanol–water partition coefficient (Wildman–Crippen LogP) is 4.79. The van der Waals surface area contributed by atoms with E-state index in [4.69, 9.17) is 4.74 Å². The summed E-state index contributed by atoms with van der Waals surface area (Å²) < 4.78 is 20.2. The van der Waals surface area contributed by atoms with Gasteiger partial charge in [-0.05, 0) is 68.3 Å². The number of hydrogen-bond donors (Lipinski definition) is 0. The quantitative estimate of drug-likeness (QED) is 0.660. The lowest BCUT2D eigenvalue weighted by molar-refractivity contribution is 0.0422. The van der Waals surface area contributed by atoms with Crippen molar-refractivity contribution >= 4 is 5.91 Å². The van der Waals surface area contributed by atoms with Crippen molar-refractivity contribution < 1.29 is 13.9 Å². The van der Waals surface area contributed by atoms with Crippen LogP contribution in [0, 0.1) is 11.2 Å². The Labute approximate surface area is 185 Å². The van der Waals surface area contributed by atoms with Gasteiger partial charge < -0.3 is 14.5 Å². The lowest BCUT2D eigenvalue weighted by atomic mass is 9.73. The Morgan fingerprint density at radius 3 is 2.52 bits per heavy atom. The lowest BCUT2D eigenvalue weighted by Gasteiger charge is -2.44. The number of rotatable bonds is 1. The van der Waals surface area contributed by atoms with Crippen molar-refractivity contribution in [3.63, 3.8) is 0 Å². The maximum absolute atomic E-state index is 14.1. The van der Waals surface area contributed by atoms with E-state index < -0.39 is 5.82 Å². The van der Waals surface area contributed by atoms with E-state index in [9.17, 15) is 9.18 Å². The van der Waals surface area contributed by atoms with Crippen molar-refractivity contribution in [2.24, 2.45) is 5.41 Å². The summed E-state index contributed by atoms with van der Waals surface area (Å²) in [5.41, 5.74) is 1.69. The van der Waals surface area contributed by atoms with Gasteiger partial charge in [-0.2, -0.15) is 0 Å². The molecule has 2 aliphatic heterocycles. The Kier molecular flexibility index (Phi) is 6.91. The summed E-state index contributed by atoms with van der Waals surface area (Å²) in [5, 5.41) is 0. The minimum Gasteiger partial charge on any atom is -0.492 e. The molecule has 0 unspecified atom stereocenters. The molecule has 0 aliphatic carbocycles. The van der Waals surface area contributed by atoms with Crippen LogP contribution >= 0.6 is 0 Å². The predicted molar refractivity (Wildman–Crippen MR) is 121 cm³/mol. The third-order valence-electron chi connectivity index (χ3n) is 6.93. The highest BCUT2D eigenvalue weighted by Crippen LogP contribution is 2.38. The molecule has 2 aromatic carbocycles. The summed E-state index contributed by atoms with van der Waals surface area (Å²) in [6.07, 6.45) is 6.46. The molecule has 4 rings (SSSR count). The Hall–Kier alpha value is -2.40. The van der Waals surface area contributed by atoms with Crippen LogP contribution in [0.5, 0.6) is 5.75 Å². The minimum absolute atomic E-state index is 0.181.